The second kappa shape index (κ2) is 5.24. The van der Waals surface area contributed by atoms with Gasteiger partial charge in [0.15, 0.2) is 0 Å². The first-order valence-corrected chi connectivity index (χ1v) is 3.23. The molecule has 0 aromatic rings. The van der Waals surface area contributed by atoms with E-state index in [0.717, 1.165) is 6.54 Å². The lowest BCUT2D eigenvalue weighted by Gasteiger charge is -1.98. The number of rotatable bonds is 3. The van der Waals surface area contributed by atoms with Gasteiger partial charge < -0.3 is 0 Å². The van der Waals surface area contributed by atoms with Gasteiger partial charge in [0.25, 0.3) is 0 Å². The van der Waals surface area contributed by atoms with Crippen LogP contribution in [0, 0.1) is 0 Å². The van der Waals surface area contributed by atoms with Crippen LogP contribution in [0.1, 0.15) is 0 Å². The van der Waals surface area contributed by atoms with E-state index < -0.39 is 0 Å². The molecule has 0 atom stereocenters. The molecule has 0 amide bonds. The van der Waals surface area contributed by atoms with E-state index in [4.69, 9.17) is 0 Å². The largest absolute Gasteiger partial charge is 0.268 e. The van der Waals surface area contributed by atoms with Gasteiger partial charge in [-0.15, -0.1) is 0 Å². The van der Waals surface area contributed by atoms with Gasteiger partial charge >= 0.3 is 0 Å². The summed E-state index contributed by atoms with van der Waals surface area (Å²) >= 11 is 2.19. The lowest BCUT2D eigenvalue weighted by molar-refractivity contribution is 0.714. The van der Waals surface area contributed by atoms with Crippen molar-refractivity contribution in [3.05, 3.63) is 12.8 Å². The lowest BCUT2D eigenvalue weighted by Crippen LogP contribution is -2.05. The van der Waals surface area contributed by atoms with Gasteiger partial charge in [-0.05, 0) is 7.05 Å². The van der Waals surface area contributed by atoms with E-state index in [0.29, 0.717) is 0 Å². The average molecular weight is 224 g/mol. The van der Waals surface area contributed by atoms with E-state index in [2.05, 4.69) is 34.4 Å². The van der Waals surface area contributed by atoms with Gasteiger partial charge in [-0.3, -0.25) is 4.99 Å². The van der Waals surface area contributed by atoms with Crippen LogP contribution in [-0.4, -0.2) is 22.9 Å². The molecule has 0 unspecified atom stereocenters. The van der Waals surface area contributed by atoms with Gasteiger partial charge in [-0.25, -0.2) is 3.11 Å². The zero-order chi connectivity index (χ0) is 6.41. The van der Waals surface area contributed by atoms with Gasteiger partial charge in [0, 0.05) is 41.8 Å². The predicted octanol–water partition coefficient (Wildman–Crippen LogP) is 1.48. The molecule has 0 radical (unpaired) electrons. The van der Waals surface area contributed by atoms with E-state index >= 15 is 0 Å². The Hall–Kier alpha value is 0.1000. The van der Waals surface area contributed by atoms with Crippen molar-refractivity contribution in [1.82, 2.24) is 3.11 Å². The number of hydrogen-bond acceptors (Lipinski definition) is 2. The molecule has 3 heteroatoms. The summed E-state index contributed by atoms with van der Waals surface area (Å²) in [5.74, 6) is 0. The van der Waals surface area contributed by atoms with E-state index in [1.807, 2.05) is 10.2 Å². The summed E-state index contributed by atoms with van der Waals surface area (Å²) in [5, 5.41) is 0. The highest BCUT2D eigenvalue weighted by molar-refractivity contribution is 14.1. The third-order valence-electron chi connectivity index (χ3n) is 0.544. The predicted molar refractivity (Wildman–Crippen MR) is 45.3 cm³/mol. The molecule has 0 spiro atoms. The highest BCUT2D eigenvalue weighted by atomic mass is 127. The van der Waals surface area contributed by atoms with Crippen LogP contribution in [0.3, 0.4) is 0 Å². The molecule has 46 valence electrons. The maximum absolute atomic E-state index is 3.80. The van der Waals surface area contributed by atoms with Crippen molar-refractivity contribution in [1.29, 1.82) is 0 Å². The Labute approximate surface area is 63.8 Å². The summed E-state index contributed by atoms with van der Waals surface area (Å²) < 4.78 is 2.00. The standard InChI is InChI=1S/C5H9IN2/c1-3-7-4-5-8(2)6/h3-4H,1,5H2,2H3/b7-4-. The smallest absolute Gasteiger partial charge is 0.0432 e. The Morgan fingerprint density at radius 2 is 2.50 bits per heavy atom. The Morgan fingerprint density at radius 3 is 2.88 bits per heavy atom. The first-order valence-electron chi connectivity index (χ1n) is 2.27. The molecule has 2 nitrogen and oxygen atoms in total. The van der Waals surface area contributed by atoms with Crippen LogP contribution in [-0.2, 0) is 0 Å². The van der Waals surface area contributed by atoms with Crippen LogP contribution in [0.2, 0.25) is 0 Å². The minimum absolute atomic E-state index is 0.868. The van der Waals surface area contributed by atoms with Crippen molar-refractivity contribution in [2.24, 2.45) is 4.99 Å². The van der Waals surface area contributed by atoms with Gasteiger partial charge in [0.05, 0.1) is 0 Å². The first-order chi connectivity index (χ1) is 3.77. The zero-order valence-corrected chi connectivity index (χ0v) is 7.00. The quantitative estimate of drug-likeness (QED) is 0.402. The summed E-state index contributed by atoms with van der Waals surface area (Å²) in [6, 6.07) is 0. The highest BCUT2D eigenvalue weighted by Crippen LogP contribution is 1.87. The Bertz CT molecular complexity index is 88.4. The zero-order valence-electron chi connectivity index (χ0n) is 4.84. The fraction of sp³-hybridized carbons (Fsp3) is 0.400. The molecular weight excluding hydrogens is 215 g/mol. The van der Waals surface area contributed by atoms with E-state index in [-0.39, 0.29) is 0 Å². The molecule has 8 heavy (non-hydrogen) atoms. The van der Waals surface area contributed by atoms with Gasteiger partial charge in [-0.1, -0.05) is 6.58 Å². The van der Waals surface area contributed by atoms with Crippen molar-refractivity contribution in [2.75, 3.05) is 13.6 Å². The Balaban J connectivity index is 3.15. The molecule has 0 heterocycles. The van der Waals surface area contributed by atoms with Crippen molar-refractivity contribution in [2.45, 2.75) is 0 Å². The summed E-state index contributed by atoms with van der Waals surface area (Å²) in [5.41, 5.74) is 0. The Morgan fingerprint density at radius 1 is 1.88 bits per heavy atom. The molecule has 0 aliphatic carbocycles. The molecular formula is C5H9IN2. The fourth-order valence-electron chi connectivity index (χ4n) is 0.234. The third kappa shape index (κ3) is 6.10. The maximum atomic E-state index is 3.80. The number of nitrogens with zero attached hydrogens (tertiary/aromatic N) is 2. The van der Waals surface area contributed by atoms with Crippen molar-refractivity contribution < 1.29 is 0 Å². The molecule has 0 rings (SSSR count). The first kappa shape index (κ1) is 8.10. The molecule has 0 aliphatic heterocycles. The molecule has 0 saturated heterocycles. The minimum Gasteiger partial charge on any atom is -0.268 e. The third-order valence-corrected chi connectivity index (χ3v) is 0.938. The van der Waals surface area contributed by atoms with Gasteiger partial charge in [-0.2, -0.15) is 0 Å². The molecule has 0 aliphatic rings. The Kier molecular flexibility index (Phi) is 5.31. The summed E-state index contributed by atoms with van der Waals surface area (Å²) in [4.78, 5) is 3.80. The average Bonchev–Trinajstić information content (AvgIpc) is 1.66. The SMILES string of the molecule is C=C/N=C\CN(C)I. The van der Waals surface area contributed by atoms with Crippen LogP contribution in [0.4, 0.5) is 0 Å². The summed E-state index contributed by atoms with van der Waals surface area (Å²) in [6.07, 6.45) is 3.33. The van der Waals surface area contributed by atoms with Gasteiger partial charge in [0.1, 0.15) is 0 Å². The fourth-order valence-corrected chi connectivity index (χ4v) is 0.410. The minimum atomic E-state index is 0.868. The van der Waals surface area contributed by atoms with E-state index in [9.17, 15) is 0 Å². The van der Waals surface area contributed by atoms with Crippen LogP contribution in [0.25, 0.3) is 0 Å². The molecule has 0 fully saturated rings. The normalized spacial score (nSPS) is 10.9. The van der Waals surface area contributed by atoms with Crippen molar-refractivity contribution >= 4 is 29.1 Å². The second-order valence-electron chi connectivity index (χ2n) is 1.30. The van der Waals surface area contributed by atoms with Crippen LogP contribution in [0.5, 0.6) is 0 Å². The number of aliphatic imine (C=N–C) groups is 1. The van der Waals surface area contributed by atoms with E-state index in [1.54, 1.807) is 6.21 Å². The van der Waals surface area contributed by atoms with E-state index in [1.165, 1.54) is 6.20 Å². The monoisotopic (exact) mass is 224 g/mol. The lowest BCUT2D eigenvalue weighted by atomic mass is 10.7. The van der Waals surface area contributed by atoms with Crippen LogP contribution >= 0.6 is 22.9 Å². The van der Waals surface area contributed by atoms with Gasteiger partial charge in [0.2, 0.25) is 0 Å². The molecule has 0 N–H and O–H groups in total. The highest BCUT2D eigenvalue weighted by Gasteiger charge is 1.81. The molecule has 0 saturated carbocycles. The molecule has 0 aromatic heterocycles. The van der Waals surface area contributed by atoms with Crippen molar-refractivity contribution in [3.8, 4) is 0 Å². The van der Waals surface area contributed by atoms with Crippen LogP contribution in [0.15, 0.2) is 17.8 Å². The molecule has 0 bridgehead atoms. The van der Waals surface area contributed by atoms with Crippen LogP contribution < -0.4 is 0 Å². The topological polar surface area (TPSA) is 15.6 Å². The maximum Gasteiger partial charge on any atom is 0.0432 e. The number of hydrogen-bond donors (Lipinski definition) is 0. The molecule has 0 aromatic carbocycles. The summed E-state index contributed by atoms with van der Waals surface area (Å²) in [6.45, 7) is 4.31. The number of halogens is 1. The van der Waals surface area contributed by atoms with Crippen molar-refractivity contribution in [3.63, 3.8) is 0 Å². The second-order valence-corrected chi connectivity index (χ2v) is 2.95. The summed E-state index contributed by atoms with van der Waals surface area (Å²) in [7, 11) is 1.98.